The second-order valence-corrected chi connectivity index (χ2v) is 6.37. The van der Waals surface area contributed by atoms with E-state index in [0.29, 0.717) is 12.1 Å². The lowest BCUT2D eigenvalue weighted by molar-refractivity contribution is -0.688. The summed E-state index contributed by atoms with van der Waals surface area (Å²) in [5.41, 5.74) is 2.74. The fraction of sp³-hybridized carbons (Fsp3) is 0.0526. The molecule has 5 heteroatoms. The van der Waals surface area contributed by atoms with Gasteiger partial charge in [-0.25, -0.2) is 9.37 Å². The number of pyridine rings is 1. The number of benzene rings is 2. The van der Waals surface area contributed by atoms with E-state index >= 15 is 0 Å². The number of nitrogens with zero attached hydrogens (tertiary/aromatic N) is 2. The number of aromatic nitrogens is 2. The lowest BCUT2D eigenvalue weighted by Crippen LogP contribution is -3.00. The van der Waals surface area contributed by atoms with Crippen molar-refractivity contribution in [2.45, 2.75) is 6.54 Å². The molecule has 0 saturated heterocycles. The normalized spacial score (nSPS) is 10.5. The largest absolute Gasteiger partial charge is 1.00 e. The standard InChI is InChI=1S/C19H14FN2S.BrH/c20-16-8-2-1-6-14(16)12-22-11-5-7-15(13-22)19-21-17-9-3-4-10-18(17)23-19;/h1-11,13H,12H2;1H/q+1;/p-1. The number of rotatable bonds is 3. The van der Waals surface area contributed by atoms with Crippen molar-refractivity contribution in [3.63, 3.8) is 0 Å². The van der Waals surface area contributed by atoms with Crippen LogP contribution in [0.4, 0.5) is 4.39 Å². The van der Waals surface area contributed by atoms with Crippen LogP contribution >= 0.6 is 11.3 Å². The third kappa shape index (κ3) is 3.37. The highest BCUT2D eigenvalue weighted by Gasteiger charge is 2.12. The quantitative estimate of drug-likeness (QED) is 0.475. The predicted molar refractivity (Wildman–Crippen MR) is 90.8 cm³/mol. The van der Waals surface area contributed by atoms with E-state index in [1.165, 1.54) is 10.8 Å². The van der Waals surface area contributed by atoms with Crippen molar-refractivity contribution in [2.24, 2.45) is 0 Å². The molecule has 0 atom stereocenters. The Morgan fingerprint density at radius 3 is 2.58 bits per heavy atom. The number of hydrogen-bond donors (Lipinski definition) is 0. The van der Waals surface area contributed by atoms with Crippen molar-refractivity contribution in [3.8, 4) is 10.6 Å². The van der Waals surface area contributed by atoms with Crippen LogP contribution in [0.15, 0.2) is 73.1 Å². The molecule has 2 nitrogen and oxygen atoms in total. The van der Waals surface area contributed by atoms with Gasteiger partial charge in [-0.2, -0.15) is 4.57 Å². The fourth-order valence-electron chi connectivity index (χ4n) is 2.57. The Morgan fingerprint density at radius 1 is 0.958 bits per heavy atom. The Labute approximate surface area is 154 Å². The van der Waals surface area contributed by atoms with Gasteiger partial charge in [0.15, 0.2) is 18.9 Å². The molecule has 0 saturated carbocycles. The van der Waals surface area contributed by atoms with Gasteiger partial charge < -0.3 is 17.0 Å². The first-order valence-corrected chi connectivity index (χ1v) is 8.20. The minimum Gasteiger partial charge on any atom is -1.00 e. The van der Waals surface area contributed by atoms with Crippen LogP contribution in [0.1, 0.15) is 5.56 Å². The summed E-state index contributed by atoms with van der Waals surface area (Å²) in [5, 5.41) is 0.981. The predicted octanol–water partition coefficient (Wildman–Crippen LogP) is 1.44. The van der Waals surface area contributed by atoms with Crippen LogP contribution in [0.2, 0.25) is 0 Å². The maximum absolute atomic E-state index is 13.8. The Bertz CT molecular complexity index is 951. The number of para-hydroxylation sites is 1. The molecule has 120 valence electrons. The molecule has 4 rings (SSSR count). The summed E-state index contributed by atoms with van der Waals surface area (Å²) >= 11 is 1.67. The zero-order valence-electron chi connectivity index (χ0n) is 12.7. The first kappa shape index (κ1) is 16.7. The fourth-order valence-corrected chi connectivity index (χ4v) is 3.52. The zero-order chi connectivity index (χ0) is 15.6. The van der Waals surface area contributed by atoms with Crippen LogP contribution in [0.3, 0.4) is 0 Å². The smallest absolute Gasteiger partial charge is 0.179 e. The first-order valence-electron chi connectivity index (χ1n) is 7.38. The molecule has 4 aromatic rings. The van der Waals surface area contributed by atoms with Crippen molar-refractivity contribution in [3.05, 3.63) is 84.4 Å². The molecule has 0 radical (unpaired) electrons. The van der Waals surface area contributed by atoms with Crippen LogP contribution < -0.4 is 21.5 Å². The van der Waals surface area contributed by atoms with Crippen molar-refractivity contribution in [1.82, 2.24) is 4.98 Å². The molecule has 2 aromatic heterocycles. The molecular weight excluding hydrogens is 387 g/mol. The summed E-state index contributed by atoms with van der Waals surface area (Å²) in [4.78, 5) is 4.68. The van der Waals surface area contributed by atoms with E-state index in [-0.39, 0.29) is 22.8 Å². The van der Waals surface area contributed by atoms with Crippen LogP contribution in [0, 0.1) is 5.82 Å². The second kappa shape index (κ2) is 7.20. The molecular formula is C19H14BrFN2S. The monoisotopic (exact) mass is 400 g/mol. The van der Waals surface area contributed by atoms with E-state index in [1.54, 1.807) is 17.4 Å². The number of halogens is 2. The molecule has 0 N–H and O–H groups in total. The van der Waals surface area contributed by atoms with Gasteiger partial charge in [-0.1, -0.05) is 24.3 Å². The molecule has 0 unspecified atom stereocenters. The van der Waals surface area contributed by atoms with Crippen LogP contribution in [-0.4, -0.2) is 4.98 Å². The lowest BCUT2D eigenvalue weighted by atomic mass is 10.2. The van der Waals surface area contributed by atoms with E-state index in [1.807, 2.05) is 59.4 Å². The van der Waals surface area contributed by atoms with Crippen LogP contribution in [-0.2, 0) is 6.54 Å². The van der Waals surface area contributed by atoms with Gasteiger partial charge in [-0.15, -0.1) is 11.3 Å². The van der Waals surface area contributed by atoms with E-state index in [0.717, 1.165) is 16.1 Å². The van der Waals surface area contributed by atoms with E-state index < -0.39 is 0 Å². The van der Waals surface area contributed by atoms with E-state index in [2.05, 4.69) is 11.1 Å². The van der Waals surface area contributed by atoms with Gasteiger partial charge in [-0.3, -0.25) is 0 Å². The number of hydrogen-bond acceptors (Lipinski definition) is 2. The average molecular weight is 401 g/mol. The molecule has 2 heterocycles. The SMILES string of the molecule is Fc1ccccc1C[n+]1cccc(-c2nc3ccccc3s2)c1.[Br-]. The molecule has 0 bridgehead atoms. The Kier molecular flexibility index (Phi) is 5.02. The van der Waals surface area contributed by atoms with Crippen LogP contribution in [0.25, 0.3) is 20.8 Å². The zero-order valence-corrected chi connectivity index (χ0v) is 15.1. The van der Waals surface area contributed by atoms with E-state index in [4.69, 9.17) is 0 Å². The molecule has 0 fully saturated rings. The molecule has 24 heavy (non-hydrogen) atoms. The van der Waals surface area contributed by atoms with Gasteiger partial charge >= 0.3 is 0 Å². The summed E-state index contributed by atoms with van der Waals surface area (Å²) in [5.74, 6) is -0.176. The van der Waals surface area contributed by atoms with Gasteiger partial charge in [0.25, 0.3) is 0 Å². The minimum atomic E-state index is -0.176. The van der Waals surface area contributed by atoms with Crippen molar-refractivity contribution in [1.29, 1.82) is 0 Å². The van der Waals surface area contributed by atoms with Crippen molar-refractivity contribution < 1.29 is 25.9 Å². The molecule has 0 amide bonds. The summed E-state index contributed by atoms with van der Waals surface area (Å²) in [6, 6.07) is 19.0. The minimum absolute atomic E-state index is 0. The van der Waals surface area contributed by atoms with Gasteiger partial charge in [0, 0.05) is 6.07 Å². The molecule has 0 aliphatic heterocycles. The number of thiazole rings is 1. The molecule has 0 aliphatic rings. The van der Waals surface area contributed by atoms with Crippen molar-refractivity contribution in [2.75, 3.05) is 0 Å². The maximum Gasteiger partial charge on any atom is 0.179 e. The summed E-state index contributed by atoms with van der Waals surface area (Å²) in [6.45, 7) is 0.505. The Balaban J connectivity index is 0.00000169. The topological polar surface area (TPSA) is 16.8 Å². The number of fused-ring (bicyclic) bond motifs is 1. The van der Waals surface area contributed by atoms with Gasteiger partial charge in [0.05, 0.1) is 21.3 Å². The highest BCUT2D eigenvalue weighted by molar-refractivity contribution is 7.21. The second-order valence-electron chi connectivity index (χ2n) is 5.34. The highest BCUT2D eigenvalue weighted by Crippen LogP contribution is 2.29. The van der Waals surface area contributed by atoms with E-state index in [9.17, 15) is 4.39 Å². The van der Waals surface area contributed by atoms with Gasteiger partial charge in [0.1, 0.15) is 10.8 Å². The Morgan fingerprint density at radius 2 is 1.75 bits per heavy atom. The summed E-state index contributed by atoms with van der Waals surface area (Å²) in [6.07, 6.45) is 3.97. The highest BCUT2D eigenvalue weighted by atomic mass is 79.9. The molecule has 2 aromatic carbocycles. The summed E-state index contributed by atoms with van der Waals surface area (Å²) in [7, 11) is 0. The van der Waals surface area contributed by atoms with Crippen molar-refractivity contribution >= 4 is 21.6 Å². The lowest BCUT2D eigenvalue weighted by Gasteiger charge is -2.00. The van der Waals surface area contributed by atoms with Crippen LogP contribution in [0.5, 0.6) is 0 Å². The molecule has 0 aliphatic carbocycles. The van der Waals surface area contributed by atoms with Gasteiger partial charge in [-0.05, 0) is 30.3 Å². The third-order valence-corrected chi connectivity index (χ3v) is 4.80. The third-order valence-electron chi connectivity index (χ3n) is 3.71. The van der Waals surface area contributed by atoms with Gasteiger partial charge in [0.2, 0.25) is 0 Å². The first-order chi connectivity index (χ1) is 11.3. The summed E-state index contributed by atoms with van der Waals surface area (Å²) < 4.78 is 17.0. The molecule has 0 spiro atoms. The average Bonchev–Trinajstić information content (AvgIpc) is 3.01. The maximum atomic E-state index is 13.8. The Hall–Kier alpha value is -2.11.